The van der Waals surface area contributed by atoms with E-state index in [4.69, 9.17) is 0 Å². The molecule has 3 rings (SSSR count). The highest BCUT2D eigenvalue weighted by molar-refractivity contribution is 5.79. The molecule has 0 spiro atoms. The van der Waals surface area contributed by atoms with Crippen molar-refractivity contribution in [3.8, 4) is 0 Å². The van der Waals surface area contributed by atoms with Crippen LogP contribution in [0.5, 0.6) is 0 Å². The molecule has 0 aromatic carbocycles. The van der Waals surface area contributed by atoms with Gasteiger partial charge in [0.25, 0.3) is 0 Å². The molecule has 0 bridgehead atoms. The molecule has 1 aliphatic rings. The first kappa shape index (κ1) is 12.6. The fourth-order valence-electron chi connectivity index (χ4n) is 2.84. The van der Waals surface area contributed by atoms with Crippen molar-refractivity contribution >= 4 is 11.0 Å². The molecule has 3 heterocycles. The lowest BCUT2D eigenvalue weighted by Gasteiger charge is -2.39. The summed E-state index contributed by atoms with van der Waals surface area (Å²) in [5, 5.41) is 4.70. The number of nitrogens with zero attached hydrogens (tertiary/aromatic N) is 2. The maximum absolute atomic E-state index is 4.35. The van der Waals surface area contributed by atoms with Gasteiger partial charge >= 0.3 is 0 Å². The number of likely N-dealkylation sites (tertiary alicyclic amines) is 1. The van der Waals surface area contributed by atoms with Gasteiger partial charge in [-0.15, -0.1) is 0 Å². The van der Waals surface area contributed by atoms with E-state index in [9.17, 15) is 0 Å². The topological polar surface area (TPSA) is 44.0 Å². The Morgan fingerprint density at radius 2 is 2.21 bits per heavy atom. The molecular formula is C15H22N4. The zero-order chi connectivity index (χ0) is 13.3. The number of aromatic nitrogens is 2. The third-order valence-electron chi connectivity index (χ3n) is 4.49. The van der Waals surface area contributed by atoms with E-state index in [0.717, 1.165) is 25.3 Å². The molecular weight excluding hydrogens is 236 g/mol. The molecule has 1 fully saturated rings. The van der Waals surface area contributed by atoms with Crippen LogP contribution in [0.2, 0.25) is 0 Å². The van der Waals surface area contributed by atoms with Crippen LogP contribution in [-0.2, 0) is 6.54 Å². The Balaban J connectivity index is 1.70. The molecule has 2 aromatic heterocycles. The molecule has 2 N–H and O–H groups in total. The number of hydrogen-bond donors (Lipinski definition) is 2. The van der Waals surface area contributed by atoms with E-state index < -0.39 is 0 Å². The second-order valence-electron chi connectivity index (χ2n) is 5.80. The van der Waals surface area contributed by atoms with Gasteiger partial charge in [-0.05, 0) is 44.5 Å². The van der Waals surface area contributed by atoms with E-state index in [1.54, 1.807) is 0 Å². The third kappa shape index (κ3) is 2.51. The van der Waals surface area contributed by atoms with Crippen molar-refractivity contribution in [3.05, 3.63) is 30.1 Å². The Morgan fingerprint density at radius 3 is 2.95 bits per heavy atom. The fourth-order valence-corrected chi connectivity index (χ4v) is 2.84. The maximum Gasteiger partial charge on any atom is 0.137 e. The highest BCUT2D eigenvalue weighted by Gasteiger charge is 2.28. The number of H-pyrrole nitrogens is 1. The molecule has 0 radical (unpaired) electrons. The predicted molar refractivity (Wildman–Crippen MR) is 78.1 cm³/mol. The molecule has 0 saturated carbocycles. The van der Waals surface area contributed by atoms with Gasteiger partial charge in [-0.25, -0.2) is 4.98 Å². The molecule has 0 aliphatic carbocycles. The molecule has 4 nitrogen and oxygen atoms in total. The van der Waals surface area contributed by atoms with Crippen LogP contribution in [-0.4, -0.2) is 40.5 Å². The summed E-state index contributed by atoms with van der Waals surface area (Å²) in [4.78, 5) is 10.1. The standard InChI is InChI=1S/C15H22N4/c1-15(16-2)5-8-19(9-6-15)11-12-10-18-14-13(12)4-3-7-17-14/h3-4,7,10,16H,5-6,8-9,11H2,1-2H3,(H,17,18). The van der Waals surface area contributed by atoms with Crippen LogP contribution in [0.1, 0.15) is 25.3 Å². The van der Waals surface area contributed by atoms with Gasteiger partial charge in [0.2, 0.25) is 0 Å². The molecule has 0 unspecified atom stereocenters. The Morgan fingerprint density at radius 1 is 1.42 bits per heavy atom. The number of nitrogens with one attached hydrogen (secondary N) is 2. The maximum atomic E-state index is 4.35. The molecule has 102 valence electrons. The summed E-state index contributed by atoms with van der Waals surface area (Å²) in [6, 6.07) is 4.16. The van der Waals surface area contributed by atoms with Crippen LogP contribution in [0.25, 0.3) is 11.0 Å². The SMILES string of the molecule is CNC1(C)CCN(Cc2c[nH]c3ncccc23)CC1. The van der Waals surface area contributed by atoms with Crippen molar-refractivity contribution in [2.24, 2.45) is 0 Å². The summed E-state index contributed by atoms with van der Waals surface area (Å²) >= 11 is 0. The van der Waals surface area contributed by atoms with Crippen LogP contribution in [0.3, 0.4) is 0 Å². The Hall–Kier alpha value is -1.39. The normalized spacial score (nSPS) is 19.9. The van der Waals surface area contributed by atoms with Gasteiger partial charge in [0, 0.05) is 43.0 Å². The summed E-state index contributed by atoms with van der Waals surface area (Å²) in [7, 11) is 2.07. The van der Waals surface area contributed by atoms with Gasteiger partial charge in [-0.2, -0.15) is 0 Å². The zero-order valence-corrected chi connectivity index (χ0v) is 11.7. The average molecular weight is 258 g/mol. The molecule has 2 aromatic rings. The van der Waals surface area contributed by atoms with E-state index >= 15 is 0 Å². The van der Waals surface area contributed by atoms with E-state index in [0.29, 0.717) is 5.54 Å². The fraction of sp³-hybridized carbons (Fsp3) is 0.533. The molecule has 1 aliphatic heterocycles. The van der Waals surface area contributed by atoms with E-state index in [1.165, 1.54) is 23.8 Å². The summed E-state index contributed by atoms with van der Waals surface area (Å²) in [5.41, 5.74) is 2.67. The van der Waals surface area contributed by atoms with Crippen molar-refractivity contribution in [2.75, 3.05) is 20.1 Å². The van der Waals surface area contributed by atoms with Gasteiger partial charge in [-0.1, -0.05) is 0 Å². The molecule has 0 amide bonds. The minimum Gasteiger partial charge on any atom is -0.346 e. The van der Waals surface area contributed by atoms with E-state index in [-0.39, 0.29) is 0 Å². The number of hydrogen-bond acceptors (Lipinski definition) is 3. The van der Waals surface area contributed by atoms with Crippen LogP contribution in [0, 0.1) is 0 Å². The molecule has 0 atom stereocenters. The van der Waals surface area contributed by atoms with Crippen molar-refractivity contribution in [2.45, 2.75) is 31.8 Å². The van der Waals surface area contributed by atoms with Crippen LogP contribution >= 0.6 is 0 Å². The largest absolute Gasteiger partial charge is 0.346 e. The van der Waals surface area contributed by atoms with Gasteiger partial charge in [0.1, 0.15) is 5.65 Å². The van der Waals surface area contributed by atoms with Crippen molar-refractivity contribution in [1.29, 1.82) is 0 Å². The summed E-state index contributed by atoms with van der Waals surface area (Å²) in [6.45, 7) is 5.65. The van der Waals surface area contributed by atoms with E-state index in [1.807, 2.05) is 12.3 Å². The lowest BCUT2D eigenvalue weighted by atomic mass is 9.90. The monoisotopic (exact) mass is 258 g/mol. The zero-order valence-electron chi connectivity index (χ0n) is 11.7. The first-order valence-corrected chi connectivity index (χ1v) is 7.02. The molecule has 4 heteroatoms. The average Bonchev–Trinajstić information content (AvgIpc) is 2.85. The summed E-state index contributed by atoms with van der Waals surface area (Å²) in [5.74, 6) is 0. The number of piperidine rings is 1. The number of aromatic amines is 1. The van der Waals surface area contributed by atoms with Gasteiger partial charge in [0.15, 0.2) is 0 Å². The van der Waals surface area contributed by atoms with Crippen LogP contribution < -0.4 is 5.32 Å². The first-order valence-electron chi connectivity index (χ1n) is 7.02. The van der Waals surface area contributed by atoms with Crippen molar-refractivity contribution in [3.63, 3.8) is 0 Å². The predicted octanol–water partition coefficient (Wildman–Crippen LogP) is 2.14. The quantitative estimate of drug-likeness (QED) is 0.886. The lowest BCUT2D eigenvalue weighted by molar-refractivity contribution is 0.147. The second kappa shape index (κ2) is 4.94. The van der Waals surface area contributed by atoms with Gasteiger partial charge in [-0.3, -0.25) is 4.90 Å². The number of fused-ring (bicyclic) bond motifs is 1. The minimum atomic E-state index is 0.318. The summed E-state index contributed by atoms with van der Waals surface area (Å²) < 4.78 is 0. The Labute approximate surface area is 114 Å². The van der Waals surface area contributed by atoms with Crippen molar-refractivity contribution in [1.82, 2.24) is 20.2 Å². The smallest absolute Gasteiger partial charge is 0.137 e. The van der Waals surface area contributed by atoms with Gasteiger partial charge < -0.3 is 10.3 Å². The highest BCUT2D eigenvalue weighted by Crippen LogP contribution is 2.24. The lowest BCUT2D eigenvalue weighted by Crippen LogP contribution is -2.49. The Bertz CT molecular complexity index is 552. The van der Waals surface area contributed by atoms with Crippen molar-refractivity contribution < 1.29 is 0 Å². The van der Waals surface area contributed by atoms with Crippen LogP contribution in [0.4, 0.5) is 0 Å². The van der Waals surface area contributed by atoms with E-state index in [2.05, 4.69) is 46.4 Å². The third-order valence-corrected chi connectivity index (χ3v) is 4.49. The highest BCUT2D eigenvalue weighted by atomic mass is 15.1. The molecule has 19 heavy (non-hydrogen) atoms. The second-order valence-corrected chi connectivity index (χ2v) is 5.80. The number of rotatable bonds is 3. The Kier molecular flexibility index (Phi) is 3.29. The minimum absolute atomic E-state index is 0.318. The van der Waals surface area contributed by atoms with Gasteiger partial charge in [0.05, 0.1) is 0 Å². The summed E-state index contributed by atoms with van der Waals surface area (Å²) in [6.07, 6.45) is 6.36. The van der Waals surface area contributed by atoms with Crippen LogP contribution in [0.15, 0.2) is 24.5 Å². The number of pyridine rings is 1. The molecule has 1 saturated heterocycles. The first-order chi connectivity index (χ1) is 9.20.